The number of hydrogen-bond acceptors (Lipinski definition) is 4. The Morgan fingerprint density at radius 1 is 1.38 bits per heavy atom. The van der Waals surface area contributed by atoms with Gasteiger partial charge in [-0.25, -0.2) is 0 Å². The van der Waals surface area contributed by atoms with Crippen molar-refractivity contribution in [3.8, 4) is 0 Å². The van der Waals surface area contributed by atoms with Crippen molar-refractivity contribution >= 4 is 17.3 Å². The molecular formula is C16H27N3O2. The van der Waals surface area contributed by atoms with Gasteiger partial charge in [-0.2, -0.15) is 0 Å². The van der Waals surface area contributed by atoms with Crippen molar-refractivity contribution in [1.29, 1.82) is 0 Å². The van der Waals surface area contributed by atoms with E-state index in [1.807, 2.05) is 44.0 Å². The fourth-order valence-corrected chi connectivity index (χ4v) is 2.07. The number of amides is 1. The largest absolute Gasteiger partial charge is 0.398 e. The quantitative estimate of drug-likeness (QED) is 0.506. The number of anilines is 2. The van der Waals surface area contributed by atoms with Gasteiger partial charge in [0.15, 0.2) is 0 Å². The Bertz CT molecular complexity index is 463. The van der Waals surface area contributed by atoms with E-state index >= 15 is 0 Å². The Labute approximate surface area is 127 Å². The van der Waals surface area contributed by atoms with Gasteiger partial charge >= 0.3 is 0 Å². The molecule has 4 N–H and O–H groups in total. The van der Waals surface area contributed by atoms with Crippen LogP contribution in [0.5, 0.6) is 0 Å². The fraction of sp³-hybridized carbons (Fsp3) is 0.562. The van der Waals surface area contributed by atoms with E-state index in [4.69, 9.17) is 10.8 Å². The van der Waals surface area contributed by atoms with Crippen LogP contribution in [-0.2, 0) is 4.79 Å². The number of nitrogens with zero attached hydrogens (tertiary/aromatic N) is 1. The summed E-state index contributed by atoms with van der Waals surface area (Å²) in [5.41, 5.74) is 8.18. The molecule has 0 saturated carbocycles. The van der Waals surface area contributed by atoms with Gasteiger partial charge in [-0.1, -0.05) is 6.07 Å². The molecule has 0 aliphatic rings. The lowest BCUT2D eigenvalue weighted by molar-refractivity contribution is -0.120. The summed E-state index contributed by atoms with van der Waals surface area (Å²) in [4.78, 5) is 14.3. The van der Waals surface area contributed by atoms with Crippen molar-refractivity contribution in [2.24, 2.45) is 0 Å². The van der Waals surface area contributed by atoms with E-state index in [1.54, 1.807) is 0 Å². The Hall–Kier alpha value is -1.59. The van der Waals surface area contributed by atoms with Gasteiger partial charge in [-0.15, -0.1) is 0 Å². The molecule has 0 aliphatic heterocycles. The maximum atomic E-state index is 12.3. The van der Waals surface area contributed by atoms with Gasteiger partial charge in [-0.3, -0.25) is 9.69 Å². The predicted octanol–water partition coefficient (Wildman–Crippen LogP) is 2.00. The smallest absolute Gasteiger partial charge is 0.241 e. The van der Waals surface area contributed by atoms with Crippen LogP contribution in [0.4, 0.5) is 11.4 Å². The van der Waals surface area contributed by atoms with Crippen LogP contribution in [0.1, 0.15) is 31.7 Å². The molecule has 0 radical (unpaired) electrons. The number of unbranched alkanes of at least 4 members (excludes halogenated alkanes) is 2. The lowest BCUT2D eigenvalue weighted by Crippen LogP contribution is -2.40. The van der Waals surface area contributed by atoms with Crippen LogP contribution < -0.4 is 11.1 Å². The highest BCUT2D eigenvalue weighted by Crippen LogP contribution is 2.20. The third kappa shape index (κ3) is 5.36. The molecule has 1 aromatic rings. The Morgan fingerprint density at radius 3 is 2.76 bits per heavy atom. The van der Waals surface area contributed by atoms with Crippen LogP contribution in [0, 0.1) is 6.92 Å². The number of rotatable bonds is 8. The molecule has 5 nitrogen and oxygen atoms in total. The molecular weight excluding hydrogens is 266 g/mol. The molecule has 1 aromatic carbocycles. The van der Waals surface area contributed by atoms with E-state index in [2.05, 4.69) is 5.32 Å². The number of nitrogens with one attached hydrogen (secondary N) is 1. The van der Waals surface area contributed by atoms with Gasteiger partial charge in [0.2, 0.25) is 5.91 Å². The van der Waals surface area contributed by atoms with Crippen LogP contribution >= 0.6 is 0 Å². The number of carbonyl (C=O) groups excluding carboxylic acids is 1. The molecule has 1 unspecified atom stereocenters. The highest BCUT2D eigenvalue weighted by atomic mass is 16.2. The number of carbonyl (C=O) groups is 1. The van der Waals surface area contributed by atoms with Crippen LogP contribution in [0.25, 0.3) is 0 Å². The number of hydrogen-bond donors (Lipinski definition) is 3. The number of nitrogens with two attached hydrogens (primary N) is 1. The van der Waals surface area contributed by atoms with E-state index < -0.39 is 0 Å². The van der Waals surface area contributed by atoms with Gasteiger partial charge in [0.25, 0.3) is 0 Å². The second kappa shape index (κ2) is 8.64. The maximum absolute atomic E-state index is 12.3. The molecule has 0 spiro atoms. The number of benzene rings is 1. The van der Waals surface area contributed by atoms with Gasteiger partial charge in [0.1, 0.15) is 0 Å². The molecule has 0 heterocycles. The van der Waals surface area contributed by atoms with Crippen molar-refractivity contribution in [2.75, 3.05) is 31.2 Å². The third-order valence-corrected chi connectivity index (χ3v) is 3.84. The summed E-state index contributed by atoms with van der Waals surface area (Å²) in [5, 5.41) is 11.7. The first-order valence-electron chi connectivity index (χ1n) is 7.44. The van der Waals surface area contributed by atoms with Gasteiger partial charge in [0.05, 0.1) is 6.04 Å². The minimum atomic E-state index is -0.208. The molecule has 0 aromatic heterocycles. The van der Waals surface area contributed by atoms with E-state index in [1.165, 1.54) is 0 Å². The van der Waals surface area contributed by atoms with Crippen LogP contribution in [-0.4, -0.2) is 42.2 Å². The molecule has 1 rings (SSSR count). The summed E-state index contributed by atoms with van der Waals surface area (Å²) in [6.07, 6.45) is 2.77. The monoisotopic (exact) mass is 293 g/mol. The van der Waals surface area contributed by atoms with Crippen molar-refractivity contribution in [3.05, 3.63) is 23.8 Å². The van der Waals surface area contributed by atoms with Crippen molar-refractivity contribution in [1.82, 2.24) is 4.90 Å². The molecule has 1 atom stereocenters. The number of likely N-dealkylation sites (N-methyl/N-ethyl adjacent to an activating group) is 1. The minimum Gasteiger partial charge on any atom is -0.398 e. The average molecular weight is 293 g/mol. The maximum Gasteiger partial charge on any atom is 0.241 e. The topological polar surface area (TPSA) is 78.6 Å². The second-order valence-electron chi connectivity index (χ2n) is 5.45. The summed E-state index contributed by atoms with van der Waals surface area (Å²) in [7, 11) is 1.94. The first-order chi connectivity index (χ1) is 9.97. The standard InChI is InChI=1S/C16H27N3O2/c1-12-14(17)8-7-9-15(12)18-16(21)13(2)19(3)10-5-4-6-11-20/h7-9,13,20H,4-6,10-11,17H2,1-3H3,(H,18,21). The van der Waals surface area contributed by atoms with E-state index in [9.17, 15) is 4.79 Å². The zero-order valence-electron chi connectivity index (χ0n) is 13.2. The summed E-state index contributed by atoms with van der Waals surface area (Å²) >= 11 is 0. The first-order valence-corrected chi connectivity index (χ1v) is 7.44. The lowest BCUT2D eigenvalue weighted by atomic mass is 10.1. The summed E-state index contributed by atoms with van der Waals surface area (Å²) < 4.78 is 0. The molecule has 0 fully saturated rings. The van der Waals surface area contributed by atoms with Gasteiger partial charge < -0.3 is 16.2 Å². The first kappa shape index (κ1) is 17.5. The summed E-state index contributed by atoms with van der Waals surface area (Å²) in [6.45, 7) is 4.86. The highest BCUT2D eigenvalue weighted by Gasteiger charge is 2.18. The molecule has 118 valence electrons. The highest BCUT2D eigenvalue weighted by molar-refractivity contribution is 5.95. The van der Waals surface area contributed by atoms with Crippen molar-refractivity contribution in [2.45, 2.75) is 39.2 Å². The molecule has 0 saturated heterocycles. The summed E-state index contributed by atoms with van der Waals surface area (Å²) in [6, 6.07) is 5.31. The van der Waals surface area contributed by atoms with Crippen molar-refractivity contribution < 1.29 is 9.90 Å². The molecule has 0 bridgehead atoms. The van der Waals surface area contributed by atoms with Crippen LogP contribution in [0.15, 0.2) is 18.2 Å². The molecule has 0 aliphatic carbocycles. The van der Waals surface area contributed by atoms with Crippen LogP contribution in [0.3, 0.4) is 0 Å². The number of aliphatic hydroxyl groups is 1. The molecule has 21 heavy (non-hydrogen) atoms. The predicted molar refractivity (Wildman–Crippen MR) is 87.2 cm³/mol. The zero-order valence-corrected chi connectivity index (χ0v) is 13.2. The third-order valence-electron chi connectivity index (χ3n) is 3.84. The lowest BCUT2D eigenvalue weighted by Gasteiger charge is -2.24. The average Bonchev–Trinajstić information content (AvgIpc) is 2.47. The van der Waals surface area contributed by atoms with E-state index in [0.717, 1.165) is 37.1 Å². The molecule has 1 amide bonds. The van der Waals surface area contributed by atoms with Gasteiger partial charge in [0, 0.05) is 18.0 Å². The SMILES string of the molecule is Cc1c(N)cccc1NC(=O)C(C)N(C)CCCCCO. The Morgan fingerprint density at radius 2 is 2.10 bits per heavy atom. The summed E-state index contributed by atoms with van der Waals surface area (Å²) in [5.74, 6) is -0.0339. The Kier molecular flexibility index (Phi) is 7.19. The number of aliphatic hydroxyl groups excluding tert-OH is 1. The minimum absolute atomic E-state index is 0.0339. The molecule has 5 heteroatoms. The second-order valence-corrected chi connectivity index (χ2v) is 5.45. The van der Waals surface area contributed by atoms with Gasteiger partial charge in [-0.05, 0) is 64.4 Å². The number of nitrogen functional groups attached to an aromatic ring is 1. The van der Waals surface area contributed by atoms with E-state index in [-0.39, 0.29) is 18.6 Å². The van der Waals surface area contributed by atoms with E-state index in [0.29, 0.717) is 5.69 Å². The van der Waals surface area contributed by atoms with Crippen LogP contribution in [0.2, 0.25) is 0 Å². The fourth-order valence-electron chi connectivity index (χ4n) is 2.07. The Balaban J connectivity index is 2.52. The zero-order chi connectivity index (χ0) is 15.8. The van der Waals surface area contributed by atoms with Crippen molar-refractivity contribution in [3.63, 3.8) is 0 Å². The normalized spacial score (nSPS) is 12.4.